The standard InChI is InChI=1S/C16H31NO2/c1-2-3-11-18-12-13-19-16(9-5-4-6-10-16)14-17-15-7-8-15/h15,17H,2-14H2,1H3. The highest BCUT2D eigenvalue weighted by molar-refractivity contribution is 4.91. The van der Waals surface area contributed by atoms with Gasteiger partial charge in [-0.05, 0) is 32.1 Å². The fourth-order valence-corrected chi connectivity index (χ4v) is 2.85. The van der Waals surface area contributed by atoms with E-state index in [1.54, 1.807) is 0 Å². The van der Waals surface area contributed by atoms with Crippen molar-refractivity contribution in [3.8, 4) is 0 Å². The zero-order valence-electron chi connectivity index (χ0n) is 12.6. The lowest BCUT2D eigenvalue weighted by Gasteiger charge is -2.37. The third kappa shape index (κ3) is 5.80. The molecule has 0 aromatic carbocycles. The van der Waals surface area contributed by atoms with E-state index >= 15 is 0 Å². The maximum atomic E-state index is 6.24. The van der Waals surface area contributed by atoms with E-state index in [2.05, 4.69) is 12.2 Å². The molecule has 1 N–H and O–H groups in total. The molecule has 2 aliphatic carbocycles. The van der Waals surface area contributed by atoms with Crippen LogP contribution in [0.3, 0.4) is 0 Å². The first-order valence-electron chi connectivity index (χ1n) is 8.30. The number of ether oxygens (including phenoxy) is 2. The van der Waals surface area contributed by atoms with Crippen LogP contribution in [0.2, 0.25) is 0 Å². The Morgan fingerprint density at radius 3 is 2.53 bits per heavy atom. The Morgan fingerprint density at radius 2 is 1.84 bits per heavy atom. The fourth-order valence-electron chi connectivity index (χ4n) is 2.85. The van der Waals surface area contributed by atoms with Gasteiger partial charge in [-0.3, -0.25) is 0 Å². The van der Waals surface area contributed by atoms with Gasteiger partial charge in [0.1, 0.15) is 0 Å². The Kier molecular flexibility index (Phi) is 6.62. The number of rotatable bonds is 10. The smallest absolute Gasteiger partial charge is 0.0807 e. The molecule has 0 aromatic rings. The molecule has 0 aromatic heterocycles. The summed E-state index contributed by atoms with van der Waals surface area (Å²) in [5, 5.41) is 3.66. The molecule has 19 heavy (non-hydrogen) atoms. The minimum Gasteiger partial charge on any atom is -0.379 e. The SMILES string of the molecule is CCCCOCCOC1(CNC2CC2)CCCCC1. The summed E-state index contributed by atoms with van der Waals surface area (Å²) in [7, 11) is 0. The van der Waals surface area contributed by atoms with E-state index in [0.717, 1.165) is 38.8 Å². The van der Waals surface area contributed by atoms with Crippen molar-refractivity contribution >= 4 is 0 Å². The maximum absolute atomic E-state index is 6.24. The first-order chi connectivity index (χ1) is 9.35. The van der Waals surface area contributed by atoms with Gasteiger partial charge in [0, 0.05) is 19.2 Å². The topological polar surface area (TPSA) is 30.5 Å². The van der Waals surface area contributed by atoms with E-state index in [1.165, 1.54) is 51.4 Å². The molecule has 3 heteroatoms. The third-order valence-corrected chi connectivity index (χ3v) is 4.33. The van der Waals surface area contributed by atoms with Crippen LogP contribution in [0.5, 0.6) is 0 Å². The molecular formula is C16H31NO2. The average Bonchev–Trinajstić information content (AvgIpc) is 3.26. The second-order valence-electron chi connectivity index (χ2n) is 6.21. The average molecular weight is 269 g/mol. The highest BCUT2D eigenvalue weighted by atomic mass is 16.5. The van der Waals surface area contributed by atoms with Gasteiger partial charge in [0.15, 0.2) is 0 Å². The first kappa shape index (κ1) is 15.3. The summed E-state index contributed by atoms with van der Waals surface area (Å²) in [6, 6.07) is 0.781. The Balaban J connectivity index is 1.64. The quantitative estimate of drug-likeness (QED) is 0.617. The summed E-state index contributed by atoms with van der Waals surface area (Å²) in [5.74, 6) is 0. The van der Waals surface area contributed by atoms with Gasteiger partial charge in [0.05, 0.1) is 18.8 Å². The van der Waals surface area contributed by atoms with Crippen LogP contribution in [0.15, 0.2) is 0 Å². The van der Waals surface area contributed by atoms with Gasteiger partial charge in [0.25, 0.3) is 0 Å². The van der Waals surface area contributed by atoms with Crippen molar-refractivity contribution in [2.75, 3.05) is 26.4 Å². The van der Waals surface area contributed by atoms with Crippen LogP contribution in [-0.4, -0.2) is 38.0 Å². The molecule has 0 saturated heterocycles. The lowest BCUT2D eigenvalue weighted by atomic mass is 9.84. The second kappa shape index (κ2) is 8.23. The molecular weight excluding hydrogens is 238 g/mol. The minimum absolute atomic E-state index is 0.106. The second-order valence-corrected chi connectivity index (χ2v) is 6.21. The highest BCUT2D eigenvalue weighted by Gasteiger charge is 2.34. The van der Waals surface area contributed by atoms with Crippen LogP contribution in [-0.2, 0) is 9.47 Å². The molecule has 0 heterocycles. The number of unbranched alkanes of at least 4 members (excludes halogenated alkanes) is 1. The van der Waals surface area contributed by atoms with Crippen molar-refractivity contribution in [3.63, 3.8) is 0 Å². The molecule has 2 rings (SSSR count). The van der Waals surface area contributed by atoms with Crippen molar-refractivity contribution < 1.29 is 9.47 Å². The predicted molar refractivity (Wildman–Crippen MR) is 78.5 cm³/mol. The molecule has 0 aliphatic heterocycles. The Morgan fingerprint density at radius 1 is 1.05 bits per heavy atom. The lowest BCUT2D eigenvalue weighted by Crippen LogP contribution is -2.46. The van der Waals surface area contributed by atoms with E-state index < -0.39 is 0 Å². The molecule has 0 bridgehead atoms. The molecule has 0 unspecified atom stereocenters. The summed E-state index contributed by atoms with van der Waals surface area (Å²) >= 11 is 0. The fraction of sp³-hybridized carbons (Fsp3) is 1.00. The van der Waals surface area contributed by atoms with Crippen molar-refractivity contribution in [1.82, 2.24) is 5.32 Å². The summed E-state index contributed by atoms with van der Waals surface area (Å²) < 4.78 is 11.8. The normalized spacial score (nSPS) is 22.6. The molecule has 3 nitrogen and oxygen atoms in total. The van der Waals surface area contributed by atoms with Crippen molar-refractivity contribution in [1.29, 1.82) is 0 Å². The summed E-state index contributed by atoms with van der Waals surface area (Å²) in [5.41, 5.74) is 0.106. The van der Waals surface area contributed by atoms with Crippen LogP contribution >= 0.6 is 0 Å². The molecule has 2 fully saturated rings. The van der Waals surface area contributed by atoms with Gasteiger partial charge in [0.2, 0.25) is 0 Å². The molecule has 2 aliphatic rings. The van der Waals surface area contributed by atoms with Crippen LogP contribution in [0.1, 0.15) is 64.7 Å². The van der Waals surface area contributed by atoms with Gasteiger partial charge in [-0.25, -0.2) is 0 Å². The lowest BCUT2D eigenvalue weighted by molar-refractivity contribution is -0.0864. The van der Waals surface area contributed by atoms with E-state index in [9.17, 15) is 0 Å². The molecule has 0 spiro atoms. The zero-order chi connectivity index (χ0) is 13.4. The van der Waals surface area contributed by atoms with Crippen molar-refractivity contribution in [2.24, 2.45) is 0 Å². The van der Waals surface area contributed by atoms with Gasteiger partial charge in [-0.1, -0.05) is 32.6 Å². The van der Waals surface area contributed by atoms with Crippen LogP contribution in [0, 0.1) is 0 Å². The van der Waals surface area contributed by atoms with E-state index in [0.29, 0.717) is 0 Å². The molecule has 2 saturated carbocycles. The summed E-state index contributed by atoms with van der Waals surface area (Å²) in [6.45, 7) is 5.64. The monoisotopic (exact) mass is 269 g/mol. The first-order valence-corrected chi connectivity index (χ1v) is 8.30. The molecule has 0 atom stereocenters. The van der Waals surface area contributed by atoms with Crippen molar-refractivity contribution in [3.05, 3.63) is 0 Å². The van der Waals surface area contributed by atoms with Crippen LogP contribution in [0.25, 0.3) is 0 Å². The van der Waals surface area contributed by atoms with Gasteiger partial charge in [-0.15, -0.1) is 0 Å². The molecule has 0 radical (unpaired) electrons. The summed E-state index contributed by atoms with van der Waals surface area (Å²) in [6.07, 6.45) is 11.5. The maximum Gasteiger partial charge on any atom is 0.0807 e. The van der Waals surface area contributed by atoms with Gasteiger partial charge < -0.3 is 14.8 Å². The van der Waals surface area contributed by atoms with Crippen molar-refractivity contribution in [2.45, 2.75) is 76.4 Å². The third-order valence-electron chi connectivity index (χ3n) is 4.33. The van der Waals surface area contributed by atoms with Gasteiger partial charge >= 0.3 is 0 Å². The largest absolute Gasteiger partial charge is 0.379 e. The Labute approximate surface area is 118 Å². The minimum atomic E-state index is 0.106. The van der Waals surface area contributed by atoms with E-state index in [-0.39, 0.29) is 5.60 Å². The van der Waals surface area contributed by atoms with Gasteiger partial charge in [-0.2, -0.15) is 0 Å². The number of hydrogen-bond donors (Lipinski definition) is 1. The molecule has 0 amide bonds. The molecule has 112 valence electrons. The Bertz CT molecular complexity index is 235. The number of hydrogen-bond acceptors (Lipinski definition) is 3. The Hall–Kier alpha value is -0.120. The number of nitrogens with one attached hydrogen (secondary N) is 1. The van der Waals surface area contributed by atoms with E-state index in [1.807, 2.05) is 0 Å². The van der Waals surface area contributed by atoms with E-state index in [4.69, 9.17) is 9.47 Å². The van der Waals surface area contributed by atoms with Crippen LogP contribution in [0.4, 0.5) is 0 Å². The summed E-state index contributed by atoms with van der Waals surface area (Å²) in [4.78, 5) is 0. The van der Waals surface area contributed by atoms with Crippen LogP contribution < -0.4 is 5.32 Å². The zero-order valence-corrected chi connectivity index (χ0v) is 12.6. The highest BCUT2D eigenvalue weighted by Crippen LogP contribution is 2.32. The predicted octanol–water partition coefficient (Wildman–Crippen LogP) is 3.27.